The third-order valence-corrected chi connectivity index (χ3v) is 5.92. The van der Waals surface area contributed by atoms with E-state index < -0.39 is 10.0 Å². The SMILES string of the molecule is Cc1ccc(Br)c(C(=O)Nc2nc(C)c(S(N)(=O)=O)s2)c1. The Labute approximate surface area is 134 Å². The number of sulfonamides is 1. The number of carbonyl (C=O) groups excluding carboxylic acids is 1. The van der Waals surface area contributed by atoms with Crippen molar-refractivity contribution in [2.75, 3.05) is 5.32 Å². The highest BCUT2D eigenvalue weighted by molar-refractivity contribution is 9.10. The minimum Gasteiger partial charge on any atom is -0.298 e. The van der Waals surface area contributed by atoms with Gasteiger partial charge in [0.1, 0.15) is 0 Å². The van der Waals surface area contributed by atoms with Crippen molar-refractivity contribution in [2.45, 2.75) is 18.1 Å². The van der Waals surface area contributed by atoms with E-state index in [2.05, 4.69) is 26.2 Å². The van der Waals surface area contributed by atoms with Gasteiger partial charge in [-0.15, -0.1) is 0 Å². The number of nitrogens with zero attached hydrogens (tertiary/aromatic N) is 1. The van der Waals surface area contributed by atoms with Gasteiger partial charge >= 0.3 is 0 Å². The molecule has 3 N–H and O–H groups in total. The highest BCUT2D eigenvalue weighted by atomic mass is 79.9. The molecule has 2 aromatic rings. The fraction of sp³-hybridized carbons (Fsp3) is 0.167. The molecule has 1 heterocycles. The van der Waals surface area contributed by atoms with E-state index in [0.29, 0.717) is 10.0 Å². The predicted molar refractivity (Wildman–Crippen MR) is 85.1 cm³/mol. The molecule has 0 aliphatic rings. The average Bonchev–Trinajstić information content (AvgIpc) is 2.73. The summed E-state index contributed by atoms with van der Waals surface area (Å²) in [6.07, 6.45) is 0. The van der Waals surface area contributed by atoms with Crippen molar-refractivity contribution in [2.24, 2.45) is 5.14 Å². The van der Waals surface area contributed by atoms with Crippen molar-refractivity contribution in [3.05, 3.63) is 39.5 Å². The third-order valence-electron chi connectivity index (χ3n) is 2.60. The van der Waals surface area contributed by atoms with Crippen LogP contribution in [0.25, 0.3) is 0 Å². The van der Waals surface area contributed by atoms with Gasteiger partial charge in [0.05, 0.1) is 11.3 Å². The Kier molecular flexibility index (Phi) is 4.47. The number of aryl methyl sites for hydroxylation is 2. The van der Waals surface area contributed by atoms with Crippen LogP contribution in [-0.2, 0) is 10.0 Å². The van der Waals surface area contributed by atoms with E-state index in [4.69, 9.17) is 5.14 Å². The molecule has 6 nitrogen and oxygen atoms in total. The number of nitrogens with one attached hydrogen (secondary N) is 1. The van der Waals surface area contributed by atoms with Gasteiger partial charge in [-0.1, -0.05) is 23.0 Å². The molecule has 1 aromatic carbocycles. The Morgan fingerprint density at radius 3 is 2.62 bits per heavy atom. The van der Waals surface area contributed by atoms with Gasteiger partial charge in [0, 0.05) is 4.47 Å². The molecule has 2 rings (SSSR count). The summed E-state index contributed by atoms with van der Waals surface area (Å²) < 4.78 is 23.3. The second kappa shape index (κ2) is 5.84. The molecule has 0 aliphatic heterocycles. The summed E-state index contributed by atoms with van der Waals surface area (Å²) in [5, 5.41) is 7.85. The fourth-order valence-electron chi connectivity index (χ4n) is 1.68. The van der Waals surface area contributed by atoms with E-state index in [1.165, 1.54) is 6.92 Å². The molecular weight excluding hydrogens is 378 g/mol. The summed E-state index contributed by atoms with van der Waals surface area (Å²) in [5.41, 5.74) is 1.64. The number of hydrogen-bond donors (Lipinski definition) is 2. The van der Waals surface area contributed by atoms with Crippen LogP contribution in [0.3, 0.4) is 0 Å². The van der Waals surface area contributed by atoms with Crippen molar-refractivity contribution < 1.29 is 13.2 Å². The lowest BCUT2D eigenvalue weighted by molar-refractivity contribution is 0.102. The Morgan fingerprint density at radius 1 is 1.38 bits per heavy atom. The number of amides is 1. The maximum absolute atomic E-state index is 12.2. The van der Waals surface area contributed by atoms with Crippen LogP contribution in [-0.4, -0.2) is 19.3 Å². The van der Waals surface area contributed by atoms with Crippen LogP contribution in [0, 0.1) is 13.8 Å². The maximum atomic E-state index is 12.2. The zero-order valence-corrected chi connectivity index (χ0v) is 14.4. The van der Waals surface area contributed by atoms with Gasteiger partial charge in [-0.25, -0.2) is 18.5 Å². The number of hydrogen-bond acceptors (Lipinski definition) is 5. The molecule has 0 unspecified atom stereocenters. The molecule has 1 amide bonds. The first-order valence-corrected chi connectivity index (χ1v) is 8.92. The number of rotatable bonds is 3. The number of halogens is 1. The van der Waals surface area contributed by atoms with E-state index in [-0.39, 0.29) is 20.9 Å². The Morgan fingerprint density at radius 2 is 2.05 bits per heavy atom. The molecule has 0 fully saturated rings. The minimum absolute atomic E-state index is 0.0545. The van der Waals surface area contributed by atoms with Gasteiger partial charge in [0.2, 0.25) is 10.0 Å². The lowest BCUT2D eigenvalue weighted by Crippen LogP contribution is -2.12. The molecule has 0 radical (unpaired) electrons. The first-order chi connectivity index (χ1) is 9.68. The maximum Gasteiger partial charge on any atom is 0.258 e. The monoisotopic (exact) mass is 389 g/mol. The topological polar surface area (TPSA) is 102 Å². The zero-order chi connectivity index (χ0) is 15.8. The largest absolute Gasteiger partial charge is 0.298 e. The van der Waals surface area contributed by atoms with Crippen molar-refractivity contribution >= 4 is 48.3 Å². The summed E-state index contributed by atoms with van der Waals surface area (Å²) in [6, 6.07) is 5.36. The number of carbonyl (C=O) groups is 1. The summed E-state index contributed by atoms with van der Waals surface area (Å²) in [4.78, 5) is 16.2. The first-order valence-electron chi connectivity index (χ1n) is 5.76. The van der Waals surface area contributed by atoms with E-state index in [1.807, 2.05) is 13.0 Å². The molecule has 0 aliphatic carbocycles. The molecule has 9 heteroatoms. The molecule has 0 saturated carbocycles. The molecule has 21 heavy (non-hydrogen) atoms. The molecule has 0 spiro atoms. The lowest BCUT2D eigenvalue weighted by atomic mass is 10.1. The fourth-order valence-corrected chi connectivity index (χ4v) is 3.96. The van der Waals surface area contributed by atoms with Crippen LogP contribution < -0.4 is 10.5 Å². The highest BCUT2D eigenvalue weighted by Gasteiger charge is 2.19. The molecule has 1 aromatic heterocycles. The third kappa shape index (κ3) is 3.67. The standard InChI is InChI=1S/C12H12BrN3O3S2/c1-6-3-4-9(13)8(5-6)10(17)16-12-15-7(2)11(20-12)21(14,18)19/h3-5H,1-2H3,(H2,14,18,19)(H,15,16,17). The van der Waals surface area contributed by atoms with Gasteiger partial charge in [-0.2, -0.15) is 0 Å². The molecule has 0 bridgehead atoms. The highest BCUT2D eigenvalue weighted by Crippen LogP contribution is 2.27. The summed E-state index contributed by atoms with van der Waals surface area (Å²) in [6.45, 7) is 3.39. The summed E-state index contributed by atoms with van der Waals surface area (Å²) in [7, 11) is -3.83. The van der Waals surface area contributed by atoms with Crippen molar-refractivity contribution in [3.8, 4) is 0 Å². The molecular formula is C12H12BrN3O3S2. The van der Waals surface area contributed by atoms with E-state index in [1.54, 1.807) is 12.1 Å². The van der Waals surface area contributed by atoms with Crippen molar-refractivity contribution in [1.82, 2.24) is 4.98 Å². The quantitative estimate of drug-likeness (QED) is 0.840. The van der Waals surface area contributed by atoms with Crippen LogP contribution in [0.2, 0.25) is 0 Å². The number of thiazole rings is 1. The summed E-state index contributed by atoms with van der Waals surface area (Å²) in [5.74, 6) is -0.375. The zero-order valence-electron chi connectivity index (χ0n) is 11.2. The van der Waals surface area contributed by atoms with Gasteiger partial charge in [-0.3, -0.25) is 10.1 Å². The van der Waals surface area contributed by atoms with Gasteiger partial charge in [0.25, 0.3) is 5.91 Å². The minimum atomic E-state index is -3.83. The van der Waals surface area contributed by atoms with Crippen LogP contribution in [0.4, 0.5) is 5.13 Å². The van der Waals surface area contributed by atoms with E-state index >= 15 is 0 Å². The van der Waals surface area contributed by atoms with Gasteiger partial charge < -0.3 is 0 Å². The lowest BCUT2D eigenvalue weighted by Gasteiger charge is -2.05. The Bertz CT molecular complexity index is 815. The predicted octanol–water partition coefficient (Wildman–Crippen LogP) is 2.42. The smallest absolute Gasteiger partial charge is 0.258 e. The molecule has 112 valence electrons. The summed E-state index contributed by atoms with van der Waals surface area (Å²) >= 11 is 4.13. The Balaban J connectivity index is 2.30. The van der Waals surface area contributed by atoms with Crippen molar-refractivity contribution in [1.29, 1.82) is 0 Å². The van der Waals surface area contributed by atoms with Crippen LogP contribution in [0.15, 0.2) is 26.9 Å². The Hall–Kier alpha value is -1.29. The normalized spacial score (nSPS) is 11.4. The van der Waals surface area contributed by atoms with Crippen molar-refractivity contribution in [3.63, 3.8) is 0 Å². The number of nitrogens with two attached hydrogens (primary N) is 1. The van der Waals surface area contributed by atoms with E-state index in [0.717, 1.165) is 16.9 Å². The number of anilines is 1. The van der Waals surface area contributed by atoms with Gasteiger partial charge in [-0.05, 0) is 41.9 Å². The van der Waals surface area contributed by atoms with Crippen LogP contribution >= 0.6 is 27.3 Å². The number of primary sulfonamides is 1. The second-order valence-corrected chi connectivity index (χ2v) is 7.98. The molecule has 0 atom stereocenters. The number of benzene rings is 1. The number of aromatic nitrogens is 1. The van der Waals surface area contributed by atoms with Crippen LogP contribution in [0.1, 0.15) is 21.6 Å². The van der Waals surface area contributed by atoms with Crippen LogP contribution in [0.5, 0.6) is 0 Å². The van der Waals surface area contributed by atoms with E-state index in [9.17, 15) is 13.2 Å². The average molecular weight is 390 g/mol. The molecule has 0 saturated heterocycles. The second-order valence-electron chi connectivity index (χ2n) is 4.37. The van der Waals surface area contributed by atoms with Gasteiger partial charge in [0.15, 0.2) is 9.34 Å². The first kappa shape index (κ1) is 16.1.